The number of carbonyl (C=O) groups is 2. The predicted octanol–water partition coefficient (Wildman–Crippen LogP) is 2.72. The highest BCUT2D eigenvalue weighted by Gasteiger charge is 2.35. The number of rotatable bonds is 6. The summed E-state index contributed by atoms with van der Waals surface area (Å²) in [6, 6.07) is 7.50. The van der Waals surface area contributed by atoms with E-state index in [1.54, 1.807) is 4.90 Å². The molecule has 1 aromatic carbocycles. The molecule has 0 spiro atoms. The van der Waals surface area contributed by atoms with Crippen molar-refractivity contribution in [1.82, 2.24) is 9.80 Å². The Bertz CT molecular complexity index is 622. The Hall–Kier alpha value is -1.79. The van der Waals surface area contributed by atoms with Gasteiger partial charge in [-0.25, -0.2) is 0 Å². The molecule has 0 radical (unpaired) electrons. The molecule has 6 nitrogen and oxygen atoms in total. The first-order valence-corrected chi connectivity index (χ1v) is 9.09. The SMILES string of the molecule is CCOc1ccc(C2CCCN2C(=O)CN2CCC[C@@H]2C(=O)O)cc1.Cl. The Balaban J connectivity index is 0.00000243. The van der Waals surface area contributed by atoms with E-state index in [-0.39, 0.29) is 30.9 Å². The van der Waals surface area contributed by atoms with E-state index in [1.165, 1.54) is 0 Å². The van der Waals surface area contributed by atoms with Crippen LogP contribution in [0.5, 0.6) is 5.75 Å². The molecule has 0 saturated carbocycles. The molecule has 1 aromatic rings. The Morgan fingerprint density at radius 3 is 2.50 bits per heavy atom. The molecule has 3 rings (SSSR count). The van der Waals surface area contributed by atoms with E-state index in [0.717, 1.165) is 37.1 Å². The number of aliphatic carboxylic acids is 1. The number of ether oxygens (including phenoxy) is 1. The van der Waals surface area contributed by atoms with Crippen molar-refractivity contribution in [1.29, 1.82) is 0 Å². The average Bonchev–Trinajstić information content (AvgIpc) is 3.25. The normalized spacial score (nSPS) is 22.9. The number of hydrogen-bond acceptors (Lipinski definition) is 4. The number of carboxylic acid groups (broad SMARTS) is 1. The molecule has 0 bridgehead atoms. The maximum atomic E-state index is 12.8. The van der Waals surface area contributed by atoms with Gasteiger partial charge in [-0.2, -0.15) is 0 Å². The van der Waals surface area contributed by atoms with Crippen molar-refractivity contribution in [3.63, 3.8) is 0 Å². The second kappa shape index (κ2) is 9.24. The summed E-state index contributed by atoms with van der Waals surface area (Å²) in [6.07, 6.45) is 3.39. The highest BCUT2D eigenvalue weighted by molar-refractivity contribution is 5.85. The van der Waals surface area contributed by atoms with Crippen LogP contribution >= 0.6 is 12.4 Å². The maximum Gasteiger partial charge on any atom is 0.320 e. The lowest BCUT2D eigenvalue weighted by Gasteiger charge is -2.28. The van der Waals surface area contributed by atoms with Gasteiger partial charge in [-0.05, 0) is 56.8 Å². The second-order valence-electron chi connectivity index (χ2n) is 6.71. The summed E-state index contributed by atoms with van der Waals surface area (Å²) >= 11 is 0. The van der Waals surface area contributed by atoms with Crippen LogP contribution in [-0.2, 0) is 9.59 Å². The molecule has 2 aliphatic rings. The highest BCUT2D eigenvalue weighted by atomic mass is 35.5. The van der Waals surface area contributed by atoms with Crippen molar-refractivity contribution in [3.8, 4) is 5.75 Å². The fraction of sp³-hybridized carbons (Fsp3) is 0.579. The Morgan fingerprint density at radius 1 is 1.15 bits per heavy atom. The molecule has 7 heteroatoms. The summed E-state index contributed by atoms with van der Waals surface area (Å²) < 4.78 is 5.48. The summed E-state index contributed by atoms with van der Waals surface area (Å²) in [5, 5.41) is 9.28. The van der Waals surface area contributed by atoms with Crippen LogP contribution in [0.1, 0.15) is 44.2 Å². The third kappa shape index (κ3) is 4.48. The smallest absolute Gasteiger partial charge is 0.320 e. The van der Waals surface area contributed by atoms with E-state index in [0.29, 0.717) is 19.6 Å². The summed E-state index contributed by atoms with van der Waals surface area (Å²) in [6.45, 7) is 4.21. The zero-order chi connectivity index (χ0) is 17.8. The predicted molar refractivity (Wildman–Crippen MR) is 101 cm³/mol. The molecule has 2 fully saturated rings. The average molecular weight is 383 g/mol. The van der Waals surface area contributed by atoms with Crippen molar-refractivity contribution < 1.29 is 19.4 Å². The number of amides is 1. The number of benzene rings is 1. The Labute approximate surface area is 160 Å². The Kier molecular flexibility index (Phi) is 7.29. The number of carboxylic acids is 1. The minimum absolute atomic E-state index is 0. The fourth-order valence-corrected chi connectivity index (χ4v) is 3.92. The minimum atomic E-state index is -0.824. The number of halogens is 1. The van der Waals surface area contributed by atoms with Gasteiger partial charge in [0.25, 0.3) is 0 Å². The van der Waals surface area contributed by atoms with E-state index in [2.05, 4.69) is 0 Å². The largest absolute Gasteiger partial charge is 0.494 e. The number of carbonyl (C=O) groups excluding carboxylic acids is 1. The van der Waals surface area contributed by atoms with Crippen LogP contribution in [0.15, 0.2) is 24.3 Å². The first-order valence-electron chi connectivity index (χ1n) is 9.09. The molecule has 0 aliphatic carbocycles. The quantitative estimate of drug-likeness (QED) is 0.819. The van der Waals surface area contributed by atoms with Gasteiger partial charge < -0.3 is 14.7 Å². The van der Waals surface area contributed by atoms with Gasteiger partial charge in [0.05, 0.1) is 19.2 Å². The van der Waals surface area contributed by atoms with E-state index >= 15 is 0 Å². The molecule has 2 heterocycles. The lowest BCUT2D eigenvalue weighted by atomic mass is 10.0. The van der Waals surface area contributed by atoms with Gasteiger partial charge >= 0.3 is 5.97 Å². The van der Waals surface area contributed by atoms with Gasteiger partial charge in [-0.3, -0.25) is 14.5 Å². The fourth-order valence-electron chi connectivity index (χ4n) is 3.92. The molecule has 1 unspecified atom stereocenters. The van der Waals surface area contributed by atoms with Gasteiger partial charge in [0.2, 0.25) is 5.91 Å². The molecule has 2 saturated heterocycles. The third-order valence-electron chi connectivity index (χ3n) is 5.14. The van der Waals surface area contributed by atoms with Gasteiger partial charge in [0.1, 0.15) is 11.8 Å². The van der Waals surface area contributed by atoms with Crippen LogP contribution < -0.4 is 4.74 Å². The van der Waals surface area contributed by atoms with Crippen LogP contribution in [0.2, 0.25) is 0 Å². The molecule has 1 amide bonds. The van der Waals surface area contributed by atoms with E-state index in [1.807, 2.05) is 36.1 Å². The van der Waals surface area contributed by atoms with Crippen molar-refractivity contribution >= 4 is 24.3 Å². The van der Waals surface area contributed by atoms with Crippen LogP contribution in [0.4, 0.5) is 0 Å². The number of hydrogen-bond donors (Lipinski definition) is 1. The van der Waals surface area contributed by atoms with Gasteiger partial charge in [0, 0.05) is 6.54 Å². The standard InChI is InChI=1S/C19H26N2O4.ClH/c1-2-25-15-9-7-14(8-10-15)16-5-4-12-21(16)18(22)13-20-11-3-6-17(20)19(23)24;/h7-10,16-17H,2-6,11-13H2,1H3,(H,23,24);1H/t16?,17-;/m1./s1. The van der Waals surface area contributed by atoms with Crippen LogP contribution in [0.25, 0.3) is 0 Å². The van der Waals surface area contributed by atoms with Crippen LogP contribution in [0.3, 0.4) is 0 Å². The highest BCUT2D eigenvalue weighted by Crippen LogP contribution is 2.33. The zero-order valence-corrected chi connectivity index (χ0v) is 15.9. The minimum Gasteiger partial charge on any atom is -0.494 e. The van der Waals surface area contributed by atoms with Crippen molar-refractivity contribution in [3.05, 3.63) is 29.8 Å². The van der Waals surface area contributed by atoms with E-state index in [4.69, 9.17) is 4.74 Å². The van der Waals surface area contributed by atoms with Gasteiger partial charge in [-0.15, -0.1) is 12.4 Å². The Morgan fingerprint density at radius 2 is 1.85 bits per heavy atom. The topological polar surface area (TPSA) is 70.1 Å². The summed E-state index contributed by atoms with van der Waals surface area (Å²) in [5.41, 5.74) is 1.12. The molecular weight excluding hydrogens is 356 g/mol. The third-order valence-corrected chi connectivity index (χ3v) is 5.14. The summed E-state index contributed by atoms with van der Waals surface area (Å²) in [4.78, 5) is 27.8. The molecule has 1 N–H and O–H groups in total. The molecule has 0 aromatic heterocycles. The first kappa shape index (κ1) is 20.5. The second-order valence-corrected chi connectivity index (χ2v) is 6.71. The molecule has 2 atom stereocenters. The molecule has 144 valence electrons. The monoisotopic (exact) mass is 382 g/mol. The van der Waals surface area contributed by atoms with Crippen molar-refractivity contribution in [2.75, 3.05) is 26.2 Å². The van der Waals surface area contributed by atoms with Crippen LogP contribution in [0, 0.1) is 0 Å². The van der Waals surface area contributed by atoms with Crippen molar-refractivity contribution in [2.24, 2.45) is 0 Å². The molecule has 26 heavy (non-hydrogen) atoms. The van der Waals surface area contributed by atoms with Crippen LogP contribution in [-0.4, -0.2) is 59.1 Å². The van der Waals surface area contributed by atoms with Gasteiger partial charge in [-0.1, -0.05) is 12.1 Å². The lowest BCUT2D eigenvalue weighted by Crippen LogP contribution is -2.44. The first-order chi connectivity index (χ1) is 12.1. The van der Waals surface area contributed by atoms with Gasteiger partial charge in [0.15, 0.2) is 0 Å². The lowest BCUT2D eigenvalue weighted by molar-refractivity contribution is -0.143. The number of nitrogens with zero attached hydrogens (tertiary/aromatic N) is 2. The molecular formula is C19H27ClN2O4. The number of likely N-dealkylation sites (tertiary alicyclic amines) is 2. The summed E-state index contributed by atoms with van der Waals surface area (Å²) in [5.74, 6) is 0.0443. The summed E-state index contributed by atoms with van der Waals surface area (Å²) in [7, 11) is 0. The van der Waals surface area contributed by atoms with E-state index in [9.17, 15) is 14.7 Å². The molecule has 2 aliphatic heterocycles. The van der Waals surface area contributed by atoms with E-state index < -0.39 is 12.0 Å². The van der Waals surface area contributed by atoms with Crippen molar-refractivity contribution in [2.45, 2.75) is 44.7 Å². The zero-order valence-electron chi connectivity index (χ0n) is 15.1. The maximum absolute atomic E-state index is 12.8.